The van der Waals surface area contributed by atoms with Crippen LogP contribution in [0, 0.1) is 0 Å². The van der Waals surface area contributed by atoms with Gasteiger partial charge in [-0.2, -0.15) is 0 Å². The largest absolute Gasteiger partial charge is 0.368 e. The zero-order valence-corrected chi connectivity index (χ0v) is 13.0. The van der Waals surface area contributed by atoms with E-state index in [0.29, 0.717) is 6.04 Å². The summed E-state index contributed by atoms with van der Waals surface area (Å²) < 4.78 is 7.30. The molecule has 17 heavy (non-hydrogen) atoms. The van der Waals surface area contributed by atoms with Crippen molar-refractivity contribution in [1.29, 1.82) is 0 Å². The quantitative estimate of drug-likeness (QED) is 0.756. The normalized spacial score (nSPS) is 22.1. The second kappa shape index (κ2) is 5.73. The van der Waals surface area contributed by atoms with Crippen LogP contribution >= 0.6 is 31.9 Å². The molecule has 2 rings (SSSR count). The molecule has 1 aliphatic rings. The van der Waals surface area contributed by atoms with Crippen LogP contribution < -0.4 is 0 Å². The summed E-state index contributed by atoms with van der Waals surface area (Å²) in [5.74, 6) is 0.733. The van der Waals surface area contributed by atoms with Crippen LogP contribution in [0.15, 0.2) is 15.3 Å². The molecule has 1 unspecified atom stereocenters. The molecule has 0 spiro atoms. The zero-order valence-electron chi connectivity index (χ0n) is 9.86. The fraction of sp³-hybridized carbons (Fsp3) is 0.636. The molecular formula is C11H15Br2N3O. The Morgan fingerprint density at radius 1 is 1.35 bits per heavy atom. The first-order valence-corrected chi connectivity index (χ1v) is 7.20. The smallest absolute Gasteiger partial charge is 0.160 e. The van der Waals surface area contributed by atoms with E-state index in [0.717, 1.165) is 34.7 Å². The number of hydrogen-bond acceptors (Lipinski definition) is 4. The Hall–Kier alpha value is -0.0400. The summed E-state index contributed by atoms with van der Waals surface area (Å²) in [5.41, 5.74) is 0. The first-order chi connectivity index (χ1) is 8.06. The van der Waals surface area contributed by atoms with Crippen molar-refractivity contribution >= 4 is 31.9 Å². The Morgan fingerprint density at radius 3 is 2.59 bits per heavy atom. The molecule has 0 saturated carbocycles. The van der Waals surface area contributed by atoms with E-state index < -0.39 is 0 Å². The van der Waals surface area contributed by atoms with E-state index in [1.165, 1.54) is 0 Å². The molecule has 0 bridgehead atoms. The molecule has 1 aliphatic heterocycles. The standard InChI is InChI=1S/C11H15Br2N3O/c1-7(2)16-3-4-17-8(6-16)11-14-9(12)5-10(13)15-11/h5,7-8H,3-4,6H2,1-2H3. The first kappa shape index (κ1) is 13.4. The predicted molar refractivity (Wildman–Crippen MR) is 72.8 cm³/mol. The summed E-state index contributed by atoms with van der Waals surface area (Å²) in [5, 5.41) is 0. The molecule has 0 N–H and O–H groups in total. The van der Waals surface area contributed by atoms with E-state index in [-0.39, 0.29) is 6.10 Å². The second-order valence-electron chi connectivity index (χ2n) is 4.32. The van der Waals surface area contributed by atoms with Gasteiger partial charge < -0.3 is 4.74 Å². The third-order valence-electron chi connectivity index (χ3n) is 2.80. The fourth-order valence-corrected chi connectivity index (χ4v) is 2.95. The van der Waals surface area contributed by atoms with E-state index in [9.17, 15) is 0 Å². The lowest BCUT2D eigenvalue weighted by Crippen LogP contribution is -2.42. The summed E-state index contributed by atoms with van der Waals surface area (Å²) in [6, 6.07) is 2.35. The molecule has 0 amide bonds. The van der Waals surface area contributed by atoms with Crippen molar-refractivity contribution in [2.45, 2.75) is 26.0 Å². The van der Waals surface area contributed by atoms with Crippen LogP contribution in [0.2, 0.25) is 0 Å². The molecule has 1 saturated heterocycles. The SMILES string of the molecule is CC(C)N1CCOC(c2nc(Br)cc(Br)n2)C1. The van der Waals surface area contributed by atoms with E-state index in [4.69, 9.17) is 4.74 Å². The molecule has 1 fully saturated rings. The third kappa shape index (κ3) is 3.47. The van der Waals surface area contributed by atoms with Crippen LogP contribution in [-0.4, -0.2) is 40.6 Å². The summed E-state index contributed by atoms with van der Waals surface area (Å²) in [6.07, 6.45) is -0.0417. The van der Waals surface area contributed by atoms with Gasteiger partial charge in [0.15, 0.2) is 5.82 Å². The van der Waals surface area contributed by atoms with E-state index in [1.54, 1.807) is 0 Å². The number of morpholine rings is 1. The third-order valence-corrected chi connectivity index (χ3v) is 3.61. The van der Waals surface area contributed by atoms with Crippen LogP contribution in [0.5, 0.6) is 0 Å². The Balaban J connectivity index is 2.16. The molecule has 94 valence electrons. The van der Waals surface area contributed by atoms with Crippen molar-refractivity contribution in [3.8, 4) is 0 Å². The second-order valence-corrected chi connectivity index (χ2v) is 5.94. The van der Waals surface area contributed by atoms with Crippen molar-refractivity contribution in [1.82, 2.24) is 14.9 Å². The summed E-state index contributed by atoms with van der Waals surface area (Å²) in [6.45, 7) is 6.94. The number of ether oxygens (including phenoxy) is 1. The average Bonchev–Trinajstić information content (AvgIpc) is 2.28. The molecule has 4 nitrogen and oxygen atoms in total. The maximum Gasteiger partial charge on any atom is 0.160 e. The van der Waals surface area contributed by atoms with Crippen LogP contribution in [0.25, 0.3) is 0 Å². The van der Waals surface area contributed by atoms with Gasteiger partial charge in [-0.15, -0.1) is 0 Å². The fourth-order valence-electron chi connectivity index (χ4n) is 1.85. The molecular weight excluding hydrogens is 350 g/mol. The number of halogens is 2. The van der Waals surface area contributed by atoms with Crippen molar-refractivity contribution in [3.05, 3.63) is 21.1 Å². The highest BCUT2D eigenvalue weighted by Crippen LogP contribution is 2.23. The lowest BCUT2D eigenvalue weighted by atomic mass is 10.2. The van der Waals surface area contributed by atoms with Crippen LogP contribution in [0.3, 0.4) is 0 Å². The van der Waals surface area contributed by atoms with E-state index in [2.05, 4.69) is 60.6 Å². The van der Waals surface area contributed by atoms with Crippen LogP contribution in [-0.2, 0) is 4.74 Å². The van der Waals surface area contributed by atoms with Crippen LogP contribution in [0.4, 0.5) is 0 Å². The van der Waals surface area contributed by atoms with Crippen molar-refractivity contribution in [2.24, 2.45) is 0 Å². The van der Waals surface area contributed by atoms with Gasteiger partial charge in [0.1, 0.15) is 15.3 Å². The number of hydrogen-bond donors (Lipinski definition) is 0. The van der Waals surface area contributed by atoms with Gasteiger partial charge in [0.2, 0.25) is 0 Å². The van der Waals surface area contributed by atoms with Gasteiger partial charge in [-0.3, -0.25) is 4.90 Å². The predicted octanol–water partition coefficient (Wildman–Crippen LogP) is 2.78. The van der Waals surface area contributed by atoms with Crippen molar-refractivity contribution in [2.75, 3.05) is 19.7 Å². The Kier molecular flexibility index (Phi) is 4.52. The van der Waals surface area contributed by atoms with Crippen molar-refractivity contribution < 1.29 is 4.74 Å². The molecule has 0 radical (unpaired) electrons. The Bertz CT molecular complexity index is 380. The monoisotopic (exact) mass is 363 g/mol. The minimum absolute atomic E-state index is 0.0417. The van der Waals surface area contributed by atoms with Gasteiger partial charge >= 0.3 is 0 Å². The highest BCUT2D eigenvalue weighted by atomic mass is 79.9. The van der Waals surface area contributed by atoms with E-state index in [1.807, 2.05) is 6.07 Å². The van der Waals surface area contributed by atoms with Crippen LogP contribution in [0.1, 0.15) is 25.8 Å². The first-order valence-electron chi connectivity index (χ1n) is 5.62. The van der Waals surface area contributed by atoms with Crippen molar-refractivity contribution in [3.63, 3.8) is 0 Å². The maximum absolute atomic E-state index is 5.75. The average molecular weight is 365 g/mol. The van der Waals surface area contributed by atoms with Gasteiger partial charge in [-0.25, -0.2) is 9.97 Å². The molecule has 0 aromatic carbocycles. The molecule has 1 aromatic heterocycles. The summed E-state index contributed by atoms with van der Waals surface area (Å²) in [4.78, 5) is 11.1. The molecule has 2 heterocycles. The van der Waals surface area contributed by atoms with Gasteiger partial charge in [-0.05, 0) is 45.7 Å². The number of aromatic nitrogens is 2. The molecule has 1 aromatic rings. The minimum atomic E-state index is -0.0417. The lowest BCUT2D eigenvalue weighted by Gasteiger charge is -2.34. The summed E-state index contributed by atoms with van der Waals surface area (Å²) >= 11 is 6.75. The Morgan fingerprint density at radius 2 is 2.00 bits per heavy atom. The highest BCUT2D eigenvalue weighted by molar-refractivity contribution is 9.11. The Labute approximate surface area is 118 Å². The van der Waals surface area contributed by atoms with Gasteiger partial charge in [0.25, 0.3) is 0 Å². The number of rotatable bonds is 2. The summed E-state index contributed by atoms with van der Waals surface area (Å²) in [7, 11) is 0. The van der Waals surface area contributed by atoms with Gasteiger partial charge in [0.05, 0.1) is 6.61 Å². The van der Waals surface area contributed by atoms with Gasteiger partial charge in [-0.1, -0.05) is 0 Å². The molecule has 0 aliphatic carbocycles. The molecule has 1 atom stereocenters. The topological polar surface area (TPSA) is 38.2 Å². The van der Waals surface area contributed by atoms with E-state index >= 15 is 0 Å². The highest BCUT2D eigenvalue weighted by Gasteiger charge is 2.25. The lowest BCUT2D eigenvalue weighted by molar-refractivity contribution is -0.0444. The minimum Gasteiger partial charge on any atom is -0.368 e. The maximum atomic E-state index is 5.75. The number of nitrogens with zero attached hydrogens (tertiary/aromatic N) is 3. The zero-order chi connectivity index (χ0) is 12.4. The molecule has 6 heteroatoms. The van der Waals surface area contributed by atoms with Gasteiger partial charge in [0, 0.05) is 25.2 Å².